The van der Waals surface area contributed by atoms with Gasteiger partial charge in [-0.1, -0.05) is 203 Å². The van der Waals surface area contributed by atoms with Gasteiger partial charge in [0.2, 0.25) is 5.91 Å². The largest absolute Gasteiger partial charge is 0.472 e. The molecule has 64 heavy (non-hydrogen) atoms. The molecule has 370 valence electrons. The molecule has 3 atom stereocenters. The first-order valence-electron chi connectivity index (χ1n) is 25.8. The molecule has 0 saturated heterocycles. The van der Waals surface area contributed by atoms with E-state index < -0.39 is 20.0 Å². The summed E-state index contributed by atoms with van der Waals surface area (Å²) in [7, 11) is 1.44. The van der Waals surface area contributed by atoms with Crippen LogP contribution in [0.5, 0.6) is 0 Å². The topological polar surface area (TPSA) is 111 Å². The summed E-state index contributed by atoms with van der Waals surface area (Å²) in [5.41, 5.74) is 0. The van der Waals surface area contributed by atoms with Crippen LogP contribution in [0.1, 0.15) is 207 Å². The smallest absolute Gasteiger partial charge is 0.456 e. The third-order valence-corrected chi connectivity index (χ3v) is 11.9. The molecule has 0 aromatic carbocycles. The van der Waals surface area contributed by atoms with E-state index in [0.29, 0.717) is 17.4 Å². The van der Waals surface area contributed by atoms with E-state index in [2.05, 4.69) is 74.7 Å². The number of quaternary nitrogens is 1. The first-order chi connectivity index (χ1) is 30.9. The number of hydrogen-bond donors (Lipinski definition) is 2. The van der Waals surface area contributed by atoms with Crippen molar-refractivity contribution >= 4 is 19.7 Å². The standard InChI is InChI=1S/C54H97N2O7P/c1-7-10-13-16-19-22-25-26-27-28-29-32-34-37-40-43-46-53(57)55-51(50-62-64(59,60)61-49-48-56(4,5)6)52(45-42-39-36-33-30-23-20-17-14-11-8-2)63-54(58)47-44-41-38-35-31-24-21-18-15-12-9-3/h10,13,19,22,26-27,29,32,37,40,42,45,51-52H,7-9,11-12,14-18,20-21,23-25,28,30-31,33-36,38-39,41,43-44,46-50H2,1-6H3,(H-,55,57,59,60)/p+1/b13-10+,22-19+,27-26+,32-29+,40-37+,45-42-. The highest BCUT2D eigenvalue weighted by Crippen LogP contribution is 2.43. The second kappa shape index (κ2) is 44.3. The summed E-state index contributed by atoms with van der Waals surface area (Å²) in [4.78, 5) is 37.3. The Kier molecular flexibility index (Phi) is 42.5. The van der Waals surface area contributed by atoms with E-state index in [1.165, 1.54) is 96.3 Å². The number of phosphoric ester groups is 1. The Morgan fingerprint density at radius 3 is 1.50 bits per heavy atom. The van der Waals surface area contributed by atoms with Crippen LogP contribution in [-0.4, -0.2) is 74.3 Å². The normalized spacial score (nSPS) is 14.5. The third kappa shape index (κ3) is 44.6. The SMILES string of the molecule is CC/C=C/C/C=C/C/C=C/C/C=C/C/C=C/CCC(=O)NC(COP(=O)(O)OCC[N+](C)(C)C)C(/C=C\CCCCCCCCCCC)OC(=O)CCCCCCCCCCCCC. The fraction of sp³-hybridized carbons (Fsp3) is 0.741. The molecule has 0 aliphatic rings. The zero-order valence-corrected chi connectivity index (χ0v) is 42.9. The minimum atomic E-state index is -4.46. The van der Waals surface area contributed by atoms with E-state index in [0.717, 1.165) is 70.6 Å². The summed E-state index contributed by atoms with van der Waals surface area (Å²) in [5, 5.41) is 2.98. The molecule has 0 saturated carbocycles. The quantitative estimate of drug-likeness (QED) is 0.0206. The first-order valence-corrected chi connectivity index (χ1v) is 27.3. The number of nitrogens with one attached hydrogen (secondary N) is 1. The molecule has 0 rings (SSSR count). The molecule has 0 fully saturated rings. The third-order valence-electron chi connectivity index (χ3n) is 10.9. The molecule has 0 radical (unpaired) electrons. The van der Waals surface area contributed by atoms with Crippen molar-refractivity contribution in [3.63, 3.8) is 0 Å². The molecule has 10 heteroatoms. The predicted octanol–water partition coefficient (Wildman–Crippen LogP) is 14.9. The van der Waals surface area contributed by atoms with Gasteiger partial charge in [0.1, 0.15) is 19.3 Å². The van der Waals surface area contributed by atoms with E-state index in [1.807, 2.05) is 45.4 Å². The molecule has 9 nitrogen and oxygen atoms in total. The Bertz CT molecular complexity index is 1330. The van der Waals surface area contributed by atoms with Crippen LogP contribution in [0.2, 0.25) is 0 Å². The number of carbonyl (C=O) groups is 2. The van der Waals surface area contributed by atoms with Crippen molar-refractivity contribution in [3.05, 3.63) is 72.9 Å². The number of esters is 1. The molecule has 0 aromatic heterocycles. The highest BCUT2D eigenvalue weighted by Gasteiger charge is 2.30. The van der Waals surface area contributed by atoms with E-state index in [-0.39, 0.29) is 37.9 Å². The highest BCUT2D eigenvalue weighted by atomic mass is 31.2. The molecule has 0 aromatic rings. The summed E-state index contributed by atoms with van der Waals surface area (Å²) >= 11 is 0. The predicted molar refractivity (Wildman–Crippen MR) is 272 cm³/mol. The maximum Gasteiger partial charge on any atom is 0.472 e. The van der Waals surface area contributed by atoms with Crippen LogP contribution < -0.4 is 5.32 Å². The lowest BCUT2D eigenvalue weighted by Gasteiger charge is -2.27. The molecule has 0 aliphatic carbocycles. The Morgan fingerprint density at radius 1 is 0.562 bits per heavy atom. The van der Waals surface area contributed by atoms with Gasteiger partial charge in [0.25, 0.3) is 0 Å². The van der Waals surface area contributed by atoms with Crippen LogP contribution in [0.4, 0.5) is 0 Å². The number of unbranched alkanes of at least 4 members (excludes halogenated alkanes) is 19. The van der Waals surface area contributed by atoms with Gasteiger partial charge < -0.3 is 19.4 Å². The van der Waals surface area contributed by atoms with Gasteiger partial charge in [-0.25, -0.2) is 4.57 Å². The number of phosphoric acid groups is 1. The maximum atomic E-state index is 13.4. The molecule has 3 unspecified atom stereocenters. The lowest BCUT2D eigenvalue weighted by atomic mass is 10.1. The fourth-order valence-electron chi connectivity index (χ4n) is 6.93. The molecule has 2 N–H and O–H groups in total. The summed E-state index contributed by atoms with van der Waals surface area (Å²) in [6, 6.07) is -0.885. The van der Waals surface area contributed by atoms with Crippen molar-refractivity contribution in [2.24, 2.45) is 0 Å². The molecule has 0 aliphatic heterocycles. The second-order valence-electron chi connectivity index (χ2n) is 18.3. The Hall–Kier alpha value is -2.55. The highest BCUT2D eigenvalue weighted by molar-refractivity contribution is 7.47. The molecular weight excluding hydrogens is 820 g/mol. The Morgan fingerprint density at radius 2 is 1.02 bits per heavy atom. The lowest BCUT2D eigenvalue weighted by molar-refractivity contribution is -0.870. The number of amides is 1. The average Bonchev–Trinajstić information content (AvgIpc) is 3.25. The average molecular weight is 918 g/mol. The molecule has 0 bridgehead atoms. The summed E-state index contributed by atoms with van der Waals surface area (Å²) in [6.07, 6.45) is 54.9. The summed E-state index contributed by atoms with van der Waals surface area (Å²) in [6.45, 7) is 6.80. The van der Waals surface area contributed by atoms with Crippen molar-refractivity contribution in [1.29, 1.82) is 0 Å². The van der Waals surface area contributed by atoms with Gasteiger partial charge in [-0.2, -0.15) is 0 Å². The van der Waals surface area contributed by atoms with Gasteiger partial charge in [0.05, 0.1) is 33.8 Å². The van der Waals surface area contributed by atoms with E-state index in [1.54, 1.807) is 0 Å². The van der Waals surface area contributed by atoms with Crippen LogP contribution in [0, 0.1) is 0 Å². The van der Waals surface area contributed by atoms with Crippen LogP contribution in [0.3, 0.4) is 0 Å². The lowest BCUT2D eigenvalue weighted by Crippen LogP contribution is -2.47. The minimum Gasteiger partial charge on any atom is -0.456 e. The summed E-state index contributed by atoms with van der Waals surface area (Å²) < 4.78 is 30.4. The van der Waals surface area contributed by atoms with E-state index in [4.69, 9.17) is 13.8 Å². The van der Waals surface area contributed by atoms with Crippen molar-refractivity contribution in [1.82, 2.24) is 5.32 Å². The van der Waals surface area contributed by atoms with Crippen LogP contribution >= 0.6 is 7.82 Å². The zero-order chi connectivity index (χ0) is 47.3. The Balaban J connectivity index is 5.53. The maximum absolute atomic E-state index is 13.4. The Labute approximate surface area is 393 Å². The van der Waals surface area contributed by atoms with Crippen molar-refractivity contribution in [2.45, 2.75) is 219 Å². The van der Waals surface area contributed by atoms with Crippen LogP contribution in [0.15, 0.2) is 72.9 Å². The number of hydrogen-bond acceptors (Lipinski definition) is 6. The van der Waals surface area contributed by atoms with E-state index >= 15 is 0 Å². The van der Waals surface area contributed by atoms with Crippen molar-refractivity contribution < 1.29 is 37.3 Å². The number of rotatable bonds is 45. The molecular formula is C54H98N2O7P+. The van der Waals surface area contributed by atoms with Crippen LogP contribution in [-0.2, 0) is 27.9 Å². The van der Waals surface area contributed by atoms with Gasteiger partial charge in [-0.15, -0.1) is 0 Å². The number of carbonyl (C=O) groups excluding carboxylic acids is 2. The number of ether oxygens (including phenoxy) is 1. The number of allylic oxidation sites excluding steroid dienone is 11. The summed E-state index contributed by atoms with van der Waals surface area (Å²) in [5.74, 6) is -0.607. The number of likely N-dealkylation sites (N-methyl/N-ethyl adjacent to an activating group) is 1. The zero-order valence-electron chi connectivity index (χ0n) is 42.0. The fourth-order valence-corrected chi connectivity index (χ4v) is 7.66. The van der Waals surface area contributed by atoms with Gasteiger partial charge in [0, 0.05) is 12.8 Å². The number of nitrogens with zero attached hydrogens (tertiary/aromatic N) is 1. The molecule has 0 spiro atoms. The minimum absolute atomic E-state index is 0.0254. The first kappa shape index (κ1) is 61.5. The monoisotopic (exact) mass is 918 g/mol. The van der Waals surface area contributed by atoms with Gasteiger partial charge in [-0.05, 0) is 63.9 Å². The van der Waals surface area contributed by atoms with Crippen LogP contribution in [0.25, 0.3) is 0 Å². The van der Waals surface area contributed by atoms with E-state index in [9.17, 15) is 19.0 Å². The van der Waals surface area contributed by atoms with Gasteiger partial charge in [-0.3, -0.25) is 18.6 Å². The van der Waals surface area contributed by atoms with Crippen molar-refractivity contribution in [3.8, 4) is 0 Å². The molecule has 1 amide bonds. The van der Waals surface area contributed by atoms with Gasteiger partial charge >= 0.3 is 13.8 Å². The molecule has 0 heterocycles. The van der Waals surface area contributed by atoms with Gasteiger partial charge in [0.15, 0.2) is 0 Å². The second-order valence-corrected chi connectivity index (χ2v) is 19.8. The van der Waals surface area contributed by atoms with Crippen molar-refractivity contribution in [2.75, 3.05) is 40.9 Å².